The number of nitrogens with zero attached hydrogens (tertiary/aromatic N) is 1. The van der Waals surface area contributed by atoms with Crippen molar-refractivity contribution in [2.75, 3.05) is 32.5 Å². The van der Waals surface area contributed by atoms with E-state index in [0.717, 1.165) is 5.56 Å². The third-order valence-electron chi connectivity index (χ3n) is 3.69. The van der Waals surface area contributed by atoms with Gasteiger partial charge in [-0.15, -0.1) is 0 Å². The Hall–Kier alpha value is -1.18. The maximum Gasteiger partial charge on any atom is 0.214 e. The SMILES string of the molecule is COc1ccc([C@H](C)NCCN2CCCS2(=O)=O)cc1F. The van der Waals surface area contributed by atoms with Gasteiger partial charge in [-0.3, -0.25) is 0 Å². The van der Waals surface area contributed by atoms with Gasteiger partial charge in [0.05, 0.1) is 12.9 Å². The number of nitrogens with one attached hydrogen (secondary N) is 1. The van der Waals surface area contributed by atoms with E-state index in [1.807, 2.05) is 6.92 Å². The first-order valence-corrected chi connectivity index (χ1v) is 8.59. The molecule has 0 unspecified atom stereocenters. The Labute approximate surface area is 125 Å². The Morgan fingerprint density at radius 1 is 1.48 bits per heavy atom. The van der Waals surface area contributed by atoms with E-state index in [0.29, 0.717) is 26.1 Å². The van der Waals surface area contributed by atoms with Gasteiger partial charge in [0.1, 0.15) is 0 Å². The van der Waals surface area contributed by atoms with Gasteiger partial charge in [-0.2, -0.15) is 0 Å². The third kappa shape index (κ3) is 3.93. The van der Waals surface area contributed by atoms with Gasteiger partial charge in [0.2, 0.25) is 10.0 Å². The van der Waals surface area contributed by atoms with Gasteiger partial charge in [0, 0.05) is 25.7 Å². The van der Waals surface area contributed by atoms with Crippen LogP contribution in [0, 0.1) is 5.82 Å². The molecule has 2 rings (SSSR count). The van der Waals surface area contributed by atoms with E-state index >= 15 is 0 Å². The molecule has 0 spiro atoms. The smallest absolute Gasteiger partial charge is 0.214 e. The van der Waals surface area contributed by atoms with Crippen LogP contribution in [0.3, 0.4) is 0 Å². The minimum absolute atomic E-state index is 0.0595. The maximum atomic E-state index is 13.6. The normalized spacial score (nSPS) is 19.6. The predicted octanol–water partition coefficient (Wildman–Crippen LogP) is 1.52. The Balaban J connectivity index is 1.87. The van der Waals surface area contributed by atoms with Gasteiger partial charge in [-0.1, -0.05) is 6.07 Å². The van der Waals surface area contributed by atoms with Crippen molar-refractivity contribution in [3.05, 3.63) is 29.6 Å². The van der Waals surface area contributed by atoms with E-state index in [4.69, 9.17) is 4.74 Å². The molecule has 1 fully saturated rings. The topological polar surface area (TPSA) is 58.6 Å². The lowest BCUT2D eigenvalue weighted by molar-refractivity contribution is 0.385. The predicted molar refractivity (Wildman–Crippen MR) is 79.3 cm³/mol. The quantitative estimate of drug-likeness (QED) is 0.864. The molecular formula is C14H21FN2O3S. The van der Waals surface area contributed by atoms with Gasteiger partial charge in [0.25, 0.3) is 0 Å². The number of ether oxygens (including phenoxy) is 1. The van der Waals surface area contributed by atoms with Gasteiger partial charge in [-0.05, 0) is 31.0 Å². The van der Waals surface area contributed by atoms with Crippen molar-refractivity contribution in [3.63, 3.8) is 0 Å². The Kier molecular flexibility index (Phi) is 5.18. The van der Waals surface area contributed by atoms with Crippen LogP contribution < -0.4 is 10.1 Å². The fourth-order valence-corrected chi connectivity index (χ4v) is 3.95. The van der Waals surface area contributed by atoms with Crippen LogP contribution in [0.2, 0.25) is 0 Å². The number of halogens is 1. The van der Waals surface area contributed by atoms with Crippen molar-refractivity contribution < 1.29 is 17.5 Å². The molecule has 1 aliphatic heterocycles. The molecule has 1 atom stereocenters. The molecule has 0 amide bonds. The van der Waals surface area contributed by atoms with Crippen LogP contribution in [0.4, 0.5) is 4.39 Å². The molecule has 0 bridgehead atoms. The molecule has 0 aromatic heterocycles. The highest BCUT2D eigenvalue weighted by Crippen LogP contribution is 2.21. The molecule has 5 nitrogen and oxygen atoms in total. The second kappa shape index (κ2) is 6.72. The molecule has 0 saturated carbocycles. The third-order valence-corrected chi connectivity index (χ3v) is 5.65. The number of rotatable bonds is 6. The average molecular weight is 316 g/mol. The molecule has 21 heavy (non-hydrogen) atoms. The van der Waals surface area contributed by atoms with Gasteiger partial charge in [-0.25, -0.2) is 17.1 Å². The van der Waals surface area contributed by atoms with E-state index in [1.54, 1.807) is 12.1 Å². The first kappa shape index (κ1) is 16.2. The van der Waals surface area contributed by atoms with Crippen LogP contribution in [-0.2, 0) is 10.0 Å². The summed E-state index contributed by atoms with van der Waals surface area (Å²) in [5.74, 6) is 0.0616. The van der Waals surface area contributed by atoms with E-state index < -0.39 is 15.8 Å². The fraction of sp³-hybridized carbons (Fsp3) is 0.571. The van der Waals surface area contributed by atoms with Gasteiger partial charge < -0.3 is 10.1 Å². The molecule has 1 heterocycles. The van der Waals surface area contributed by atoms with Crippen LogP contribution in [-0.4, -0.2) is 45.2 Å². The number of hydrogen-bond donors (Lipinski definition) is 1. The number of benzene rings is 1. The summed E-state index contributed by atoms with van der Waals surface area (Å²) in [7, 11) is -1.62. The highest BCUT2D eigenvalue weighted by molar-refractivity contribution is 7.89. The molecule has 0 radical (unpaired) electrons. The summed E-state index contributed by atoms with van der Waals surface area (Å²) in [6.45, 7) is 3.49. The highest BCUT2D eigenvalue weighted by atomic mass is 32.2. The van der Waals surface area contributed by atoms with Crippen LogP contribution in [0.1, 0.15) is 24.9 Å². The highest BCUT2D eigenvalue weighted by Gasteiger charge is 2.27. The fourth-order valence-electron chi connectivity index (χ4n) is 2.42. The minimum atomic E-state index is -3.05. The van der Waals surface area contributed by atoms with Crippen molar-refractivity contribution in [1.29, 1.82) is 0 Å². The Morgan fingerprint density at radius 3 is 2.81 bits per heavy atom. The standard InChI is InChI=1S/C14H21FN2O3S/c1-11(12-4-5-14(20-2)13(15)10-12)16-6-8-17-7-3-9-21(17,18)19/h4-5,10-11,16H,3,6-9H2,1-2H3/t11-/m0/s1. The van der Waals surface area contributed by atoms with Crippen molar-refractivity contribution in [3.8, 4) is 5.75 Å². The summed E-state index contributed by atoms with van der Waals surface area (Å²) in [5, 5.41) is 3.21. The summed E-state index contributed by atoms with van der Waals surface area (Å²) >= 11 is 0. The Morgan fingerprint density at radius 2 is 2.24 bits per heavy atom. The summed E-state index contributed by atoms with van der Waals surface area (Å²) in [4.78, 5) is 0. The van der Waals surface area contributed by atoms with E-state index in [9.17, 15) is 12.8 Å². The Bertz CT molecular complexity index is 592. The zero-order chi connectivity index (χ0) is 15.5. The number of hydrogen-bond acceptors (Lipinski definition) is 4. The molecule has 1 aromatic carbocycles. The summed E-state index contributed by atoms with van der Waals surface area (Å²) < 4.78 is 43.3. The largest absolute Gasteiger partial charge is 0.494 e. The van der Waals surface area contributed by atoms with Crippen molar-refractivity contribution >= 4 is 10.0 Å². The van der Waals surface area contributed by atoms with Crippen LogP contribution in [0.25, 0.3) is 0 Å². The monoisotopic (exact) mass is 316 g/mol. The molecule has 7 heteroatoms. The molecule has 118 valence electrons. The zero-order valence-corrected chi connectivity index (χ0v) is 13.1. The van der Waals surface area contributed by atoms with Crippen LogP contribution in [0.15, 0.2) is 18.2 Å². The molecular weight excluding hydrogens is 295 g/mol. The molecule has 1 aliphatic rings. The zero-order valence-electron chi connectivity index (χ0n) is 12.3. The second-order valence-corrected chi connectivity index (χ2v) is 7.23. The van der Waals surface area contributed by atoms with Crippen molar-refractivity contribution in [2.24, 2.45) is 0 Å². The molecule has 1 saturated heterocycles. The van der Waals surface area contributed by atoms with E-state index in [-0.39, 0.29) is 17.5 Å². The second-order valence-electron chi connectivity index (χ2n) is 5.14. The van der Waals surface area contributed by atoms with Gasteiger partial charge in [0.15, 0.2) is 11.6 Å². The van der Waals surface area contributed by atoms with E-state index in [2.05, 4.69) is 5.32 Å². The first-order valence-electron chi connectivity index (χ1n) is 6.98. The number of methoxy groups -OCH3 is 1. The summed E-state index contributed by atoms with van der Waals surface area (Å²) in [6.07, 6.45) is 0.696. The van der Waals surface area contributed by atoms with Crippen LogP contribution >= 0.6 is 0 Å². The van der Waals surface area contributed by atoms with Crippen molar-refractivity contribution in [2.45, 2.75) is 19.4 Å². The van der Waals surface area contributed by atoms with E-state index in [1.165, 1.54) is 17.5 Å². The van der Waals surface area contributed by atoms with Crippen molar-refractivity contribution in [1.82, 2.24) is 9.62 Å². The lowest BCUT2D eigenvalue weighted by Gasteiger charge is -2.18. The lowest BCUT2D eigenvalue weighted by atomic mass is 10.1. The first-order chi connectivity index (χ1) is 9.94. The number of sulfonamides is 1. The minimum Gasteiger partial charge on any atom is -0.494 e. The maximum absolute atomic E-state index is 13.6. The van der Waals surface area contributed by atoms with Crippen LogP contribution in [0.5, 0.6) is 5.75 Å². The summed E-state index contributed by atoms with van der Waals surface area (Å²) in [5.41, 5.74) is 0.803. The molecule has 1 aromatic rings. The average Bonchev–Trinajstić information content (AvgIpc) is 2.77. The molecule has 0 aliphatic carbocycles. The van der Waals surface area contributed by atoms with Gasteiger partial charge >= 0.3 is 0 Å². The lowest BCUT2D eigenvalue weighted by Crippen LogP contribution is -2.34. The molecule has 1 N–H and O–H groups in total. The summed E-state index contributed by atoms with van der Waals surface area (Å²) in [6, 6.07) is 4.76.